The molecule has 1 aliphatic heterocycles. The number of piperidine rings is 1. The number of rotatable bonds is 8. The number of aromatic nitrogens is 2. The minimum Gasteiger partial charge on any atom is -0.444 e. The summed E-state index contributed by atoms with van der Waals surface area (Å²) in [5.74, 6) is 1.64. The van der Waals surface area contributed by atoms with Gasteiger partial charge in [-0.1, -0.05) is 0 Å². The van der Waals surface area contributed by atoms with Crippen LogP contribution in [0.4, 0.5) is 4.79 Å². The second-order valence-corrected chi connectivity index (χ2v) is 10.2. The Kier molecular flexibility index (Phi) is 8.43. The van der Waals surface area contributed by atoms with Crippen molar-refractivity contribution in [1.82, 2.24) is 25.3 Å². The molecule has 1 aromatic heterocycles. The van der Waals surface area contributed by atoms with Crippen LogP contribution in [0.2, 0.25) is 0 Å². The lowest BCUT2D eigenvalue weighted by molar-refractivity contribution is 0.00928. The molecule has 1 amide bonds. The van der Waals surface area contributed by atoms with Gasteiger partial charge in [0.2, 0.25) is 0 Å². The highest BCUT2D eigenvalue weighted by Crippen LogP contribution is 2.32. The largest absolute Gasteiger partial charge is 0.444 e. The molecule has 0 bridgehead atoms. The molecule has 0 atom stereocenters. The molecule has 8 nitrogen and oxygen atoms in total. The Balaban J connectivity index is 1.53. The van der Waals surface area contributed by atoms with Crippen molar-refractivity contribution >= 4 is 12.1 Å². The van der Waals surface area contributed by atoms with E-state index in [2.05, 4.69) is 34.3 Å². The maximum absolute atomic E-state index is 12.9. The second kappa shape index (κ2) is 11.1. The van der Waals surface area contributed by atoms with E-state index in [1.807, 2.05) is 31.9 Å². The topological polar surface area (TPSA) is 85.9 Å². The number of nitrogens with zero attached hydrogens (tertiary/aromatic N) is 4. The Bertz CT molecular complexity index is 757. The zero-order valence-corrected chi connectivity index (χ0v) is 20.6. The van der Waals surface area contributed by atoms with Gasteiger partial charge in [0.25, 0.3) is 0 Å². The Morgan fingerprint density at radius 2 is 2.03 bits per heavy atom. The first-order chi connectivity index (χ1) is 15.3. The van der Waals surface area contributed by atoms with Crippen molar-refractivity contribution in [3.63, 3.8) is 0 Å². The monoisotopic (exact) mass is 446 g/mol. The summed E-state index contributed by atoms with van der Waals surface area (Å²) in [7, 11) is 0. The molecule has 2 fully saturated rings. The van der Waals surface area contributed by atoms with Crippen LogP contribution in [0.3, 0.4) is 0 Å². The first-order valence-electron chi connectivity index (χ1n) is 12.3. The summed E-state index contributed by atoms with van der Waals surface area (Å²) < 4.78 is 5.73. The SMILES string of the molecule is CCNC(=NCCCc1cn[nH]c1C)N1CCC(N(CC2CC2)C(=O)OC(C)(C)C)CC1. The number of guanidine groups is 1. The standard InChI is InChI=1S/C24H42N6O2/c1-6-25-22(26-13-7-8-20-16-27-28-18(20)2)29-14-11-21(12-15-29)30(17-19-9-10-19)23(31)32-24(3,4)5/h16,19,21H,6-15,17H2,1-5H3,(H,25,26)(H,27,28). The lowest BCUT2D eigenvalue weighted by Gasteiger charge is -2.40. The average Bonchev–Trinajstić information content (AvgIpc) is 3.47. The van der Waals surface area contributed by atoms with Crippen LogP contribution in [0.1, 0.15) is 71.1 Å². The Morgan fingerprint density at radius 3 is 2.59 bits per heavy atom. The van der Waals surface area contributed by atoms with Crippen LogP contribution in [-0.4, -0.2) is 76.4 Å². The van der Waals surface area contributed by atoms with Gasteiger partial charge >= 0.3 is 6.09 Å². The summed E-state index contributed by atoms with van der Waals surface area (Å²) in [6, 6.07) is 0.244. The van der Waals surface area contributed by atoms with Crippen molar-refractivity contribution in [2.24, 2.45) is 10.9 Å². The average molecular weight is 447 g/mol. The van der Waals surface area contributed by atoms with Crippen molar-refractivity contribution in [2.45, 2.75) is 84.8 Å². The number of nitrogens with one attached hydrogen (secondary N) is 2. The highest BCUT2D eigenvalue weighted by Gasteiger charge is 2.35. The maximum Gasteiger partial charge on any atom is 0.410 e. The van der Waals surface area contributed by atoms with Crippen LogP contribution < -0.4 is 5.32 Å². The lowest BCUT2D eigenvalue weighted by Crippen LogP contribution is -2.52. The lowest BCUT2D eigenvalue weighted by atomic mass is 10.0. The molecule has 2 aliphatic rings. The summed E-state index contributed by atoms with van der Waals surface area (Å²) in [6.07, 6.45) is 8.10. The fraction of sp³-hybridized carbons (Fsp3) is 0.792. The van der Waals surface area contributed by atoms with Crippen molar-refractivity contribution < 1.29 is 9.53 Å². The molecule has 1 saturated carbocycles. The van der Waals surface area contributed by atoms with Crippen LogP contribution in [0, 0.1) is 12.8 Å². The zero-order valence-electron chi connectivity index (χ0n) is 20.6. The van der Waals surface area contributed by atoms with E-state index in [1.54, 1.807) is 0 Å². The van der Waals surface area contributed by atoms with E-state index < -0.39 is 5.60 Å². The molecule has 180 valence electrons. The highest BCUT2D eigenvalue weighted by atomic mass is 16.6. The Morgan fingerprint density at radius 1 is 1.31 bits per heavy atom. The summed E-state index contributed by atoms with van der Waals surface area (Å²) in [6.45, 7) is 14.3. The normalized spacial score (nSPS) is 18.0. The van der Waals surface area contributed by atoms with Crippen molar-refractivity contribution in [1.29, 1.82) is 0 Å². The number of ether oxygens (including phenoxy) is 1. The van der Waals surface area contributed by atoms with Gasteiger partial charge in [-0.25, -0.2) is 4.79 Å². The predicted octanol–water partition coefficient (Wildman–Crippen LogP) is 3.73. The second-order valence-electron chi connectivity index (χ2n) is 10.2. The third-order valence-corrected chi connectivity index (χ3v) is 6.12. The van der Waals surface area contributed by atoms with Crippen LogP contribution >= 0.6 is 0 Å². The molecule has 0 unspecified atom stereocenters. The quantitative estimate of drug-likeness (QED) is 0.361. The van der Waals surface area contributed by atoms with Crippen LogP contribution in [0.5, 0.6) is 0 Å². The van der Waals surface area contributed by atoms with E-state index >= 15 is 0 Å². The highest BCUT2D eigenvalue weighted by molar-refractivity contribution is 5.80. The van der Waals surface area contributed by atoms with E-state index in [0.717, 1.165) is 70.1 Å². The number of aromatic amines is 1. The van der Waals surface area contributed by atoms with Gasteiger partial charge in [0.15, 0.2) is 5.96 Å². The van der Waals surface area contributed by atoms with Gasteiger partial charge in [0, 0.05) is 44.5 Å². The van der Waals surface area contributed by atoms with E-state index in [1.165, 1.54) is 18.4 Å². The number of H-pyrrole nitrogens is 1. The molecule has 1 aliphatic carbocycles. The number of amides is 1. The van der Waals surface area contributed by atoms with E-state index in [4.69, 9.17) is 9.73 Å². The number of hydrogen-bond acceptors (Lipinski definition) is 4. The van der Waals surface area contributed by atoms with Crippen LogP contribution in [-0.2, 0) is 11.2 Å². The van der Waals surface area contributed by atoms with E-state index in [-0.39, 0.29) is 12.1 Å². The van der Waals surface area contributed by atoms with Gasteiger partial charge in [-0.2, -0.15) is 5.10 Å². The molecule has 32 heavy (non-hydrogen) atoms. The third-order valence-electron chi connectivity index (χ3n) is 6.12. The number of hydrogen-bond donors (Lipinski definition) is 2. The van der Waals surface area contributed by atoms with Crippen LogP contribution in [0.15, 0.2) is 11.2 Å². The summed E-state index contributed by atoms with van der Waals surface area (Å²) >= 11 is 0. The molecule has 2 heterocycles. The molecule has 0 radical (unpaired) electrons. The van der Waals surface area contributed by atoms with Crippen molar-refractivity contribution in [3.05, 3.63) is 17.5 Å². The summed E-state index contributed by atoms with van der Waals surface area (Å²) in [5, 5.41) is 10.5. The first kappa shape index (κ1) is 24.4. The molecule has 8 heteroatoms. The molecule has 3 rings (SSSR count). The Hall–Kier alpha value is -2.25. The fourth-order valence-electron chi connectivity index (χ4n) is 4.17. The smallest absolute Gasteiger partial charge is 0.410 e. The predicted molar refractivity (Wildman–Crippen MR) is 128 cm³/mol. The molecular formula is C24H42N6O2. The number of aliphatic imine (C=N–C) groups is 1. The zero-order chi connectivity index (χ0) is 23.1. The van der Waals surface area contributed by atoms with E-state index in [9.17, 15) is 4.79 Å². The van der Waals surface area contributed by atoms with E-state index in [0.29, 0.717) is 5.92 Å². The molecule has 0 spiro atoms. The summed E-state index contributed by atoms with van der Waals surface area (Å²) in [5.41, 5.74) is 1.95. The van der Waals surface area contributed by atoms with Gasteiger partial charge in [0.05, 0.1) is 6.20 Å². The summed E-state index contributed by atoms with van der Waals surface area (Å²) in [4.78, 5) is 22.1. The number of likely N-dealkylation sites (tertiary alicyclic amines) is 1. The molecule has 1 aromatic rings. The van der Waals surface area contributed by atoms with Gasteiger partial charge in [-0.05, 0) is 84.6 Å². The molecule has 1 saturated heterocycles. The molecular weight excluding hydrogens is 404 g/mol. The van der Waals surface area contributed by atoms with Gasteiger partial charge in [-0.3, -0.25) is 10.1 Å². The van der Waals surface area contributed by atoms with Gasteiger partial charge < -0.3 is 19.9 Å². The van der Waals surface area contributed by atoms with Crippen molar-refractivity contribution in [3.8, 4) is 0 Å². The first-order valence-corrected chi connectivity index (χ1v) is 12.3. The number of aryl methyl sites for hydroxylation is 2. The van der Waals surface area contributed by atoms with Crippen LogP contribution in [0.25, 0.3) is 0 Å². The van der Waals surface area contributed by atoms with Gasteiger partial charge in [-0.15, -0.1) is 0 Å². The Labute approximate surface area is 193 Å². The third kappa shape index (κ3) is 7.41. The number of carbonyl (C=O) groups excluding carboxylic acids is 1. The minimum atomic E-state index is -0.459. The number of carbonyl (C=O) groups is 1. The molecule has 2 N–H and O–H groups in total. The fourth-order valence-corrected chi connectivity index (χ4v) is 4.17. The molecule has 0 aromatic carbocycles. The van der Waals surface area contributed by atoms with Crippen molar-refractivity contribution in [2.75, 3.05) is 32.7 Å². The van der Waals surface area contributed by atoms with Gasteiger partial charge in [0.1, 0.15) is 5.60 Å². The maximum atomic E-state index is 12.9. The minimum absolute atomic E-state index is 0.155.